The molecule has 0 spiro atoms. The molecule has 4 rings (SSSR count). The molecule has 2 N–H and O–H groups in total. The first-order valence-corrected chi connectivity index (χ1v) is 15.6. The van der Waals surface area contributed by atoms with Gasteiger partial charge in [0.2, 0.25) is 23.5 Å². The smallest absolute Gasteiger partial charge is 0.416 e. The van der Waals surface area contributed by atoms with E-state index in [4.69, 9.17) is 9.15 Å². The molecule has 3 aromatic rings. The van der Waals surface area contributed by atoms with Crippen molar-refractivity contribution in [2.75, 3.05) is 6.54 Å². The molecule has 2 heterocycles. The number of benzene rings is 2. The van der Waals surface area contributed by atoms with Gasteiger partial charge in [0.15, 0.2) is 0 Å². The number of halogens is 3. The normalized spacial score (nSPS) is 16.3. The minimum Gasteiger partial charge on any atom is -0.445 e. The van der Waals surface area contributed by atoms with Crippen molar-refractivity contribution in [2.24, 2.45) is 11.8 Å². The minimum absolute atomic E-state index is 0.0298. The van der Waals surface area contributed by atoms with Crippen LogP contribution in [0.1, 0.15) is 73.8 Å². The van der Waals surface area contributed by atoms with Crippen LogP contribution in [0.15, 0.2) is 59.0 Å². The monoisotopic (exact) mass is 669 g/mol. The molecule has 0 bridgehead atoms. The zero-order valence-electron chi connectivity index (χ0n) is 27.0. The van der Waals surface area contributed by atoms with E-state index in [1.54, 1.807) is 27.7 Å². The quantitative estimate of drug-likeness (QED) is 0.240. The third kappa shape index (κ3) is 9.29. The van der Waals surface area contributed by atoms with Gasteiger partial charge >= 0.3 is 12.3 Å². The van der Waals surface area contributed by atoms with E-state index in [0.29, 0.717) is 24.9 Å². The topological polar surface area (TPSA) is 144 Å². The zero-order chi connectivity index (χ0) is 35.0. The Balaban J connectivity index is 1.38. The number of hydrogen-bond acceptors (Lipinski definition) is 8. The number of alkyl carbamates (subject to hydrolysis) is 1. The molecule has 256 valence electrons. The maximum atomic E-state index is 13.6. The van der Waals surface area contributed by atoms with E-state index in [9.17, 15) is 32.3 Å². The summed E-state index contributed by atoms with van der Waals surface area (Å²) in [6.07, 6.45) is -1.49. The first-order chi connectivity index (χ1) is 22.7. The van der Waals surface area contributed by atoms with Crippen LogP contribution < -0.4 is 10.6 Å². The Morgan fingerprint density at radius 3 is 2.23 bits per heavy atom. The van der Waals surface area contributed by atoms with Crippen LogP contribution in [0, 0.1) is 11.8 Å². The van der Waals surface area contributed by atoms with Crippen molar-refractivity contribution in [2.45, 2.75) is 71.4 Å². The van der Waals surface area contributed by atoms with Crippen molar-refractivity contribution in [1.82, 2.24) is 25.7 Å². The molecular weight excluding hydrogens is 631 g/mol. The number of carbonyl (C=O) groups excluding carboxylic acids is 4. The van der Waals surface area contributed by atoms with Gasteiger partial charge in [0.25, 0.3) is 5.89 Å². The van der Waals surface area contributed by atoms with Crippen molar-refractivity contribution in [3.63, 3.8) is 0 Å². The largest absolute Gasteiger partial charge is 0.445 e. The third-order valence-electron chi connectivity index (χ3n) is 7.81. The summed E-state index contributed by atoms with van der Waals surface area (Å²) in [7, 11) is 0. The molecule has 3 amide bonds. The number of aromatic nitrogens is 2. The maximum absolute atomic E-state index is 13.6. The van der Waals surface area contributed by atoms with Crippen LogP contribution in [0.2, 0.25) is 0 Å². The first-order valence-electron chi connectivity index (χ1n) is 15.6. The molecule has 1 saturated heterocycles. The molecule has 0 saturated carbocycles. The molecule has 0 aliphatic carbocycles. The van der Waals surface area contributed by atoms with Gasteiger partial charge in [-0.1, -0.05) is 70.2 Å². The third-order valence-corrected chi connectivity index (χ3v) is 7.81. The molecule has 0 unspecified atom stereocenters. The number of ketones is 1. The standard InChI is InChI=1S/C34H38F3N5O6/c1-20(2)27(29(43)31-41-40-26(48-31)17-14-22-12-15-24(16-13-22)34(35,36)37)38-30(44)25-11-8-18-42(25)32(45)28(21(3)4)39-33(46)47-19-23-9-6-5-7-10-23/h5-7,9-10,12-17,20-21,25,27-28H,8,11,18-19H2,1-4H3,(H,38,44)(H,39,46)/b17-14+/t25-,27+,28-/m0/s1. The number of amides is 3. The van der Waals surface area contributed by atoms with Crippen molar-refractivity contribution >= 4 is 35.8 Å². The predicted octanol–water partition coefficient (Wildman–Crippen LogP) is 5.52. The summed E-state index contributed by atoms with van der Waals surface area (Å²) >= 11 is 0. The molecule has 0 radical (unpaired) electrons. The Labute approximate surface area is 275 Å². The second-order valence-electron chi connectivity index (χ2n) is 12.1. The number of ether oxygens (including phenoxy) is 1. The summed E-state index contributed by atoms with van der Waals surface area (Å²) in [5.41, 5.74) is 0.445. The van der Waals surface area contributed by atoms with Crippen LogP contribution >= 0.6 is 0 Å². The molecule has 48 heavy (non-hydrogen) atoms. The number of carbonyl (C=O) groups is 4. The van der Waals surface area contributed by atoms with E-state index in [1.807, 2.05) is 30.3 Å². The van der Waals surface area contributed by atoms with Crippen molar-refractivity contribution < 1.29 is 41.5 Å². The van der Waals surface area contributed by atoms with Crippen LogP contribution in [0.5, 0.6) is 0 Å². The fourth-order valence-electron chi connectivity index (χ4n) is 5.16. The van der Waals surface area contributed by atoms with E-state index >= 15 is 0 Å². The summed E-state index contributed by atoms with van der Waals surface area (Å²) in [6, 6.07) is 10.7. The van der Waals surface area contributed by atoms with Gasteiger partial charge in [-0.25, -0.2) is 4.79 Å². The van der Waals surface area contributed by atoms with Crippen molar-refractivity contribution in [3.8, 4) is 0 Å². The van der Waals surface area contributed by atoms with Gasteiger partial charge in [0.1, 0.15) is 18.7 Å². The van der Waals surface area contributed by atoms with Crippen LogP contribution in [0.4, 0.5) is 18.0 Å². The lowest BCUT2D eigenvalue weighted by Gasteiger charge is -2.31. The number of alkyl halides is 3. The lowest BCUT2D eigenvalue weighted by molar-refractivity contribution is -0.141. The van der Waals surface area contributed by atoms with Crippen LogP contribution in [0.25, 0.3) is 12.2 Å². The summed E-state index contributed by atoms with van der Waals surface area (Å²) in [6.45, 7) is 7.32. The summed E-state index contributed by atoms with van der Waals surface area (Å²) in [5.74, 6) is -2.74. The second kappa shape index (κ2) is 15.7. The number of hydrogen-bond donors (Lipinski definition) is 2. The van der Waals surface area contributed by atoms with Crippen molar-refractivity contribution in [3.05, 3.63) is 83.1 Å². The Morgan fingerprint density at radius 1 is 0.938 bits per heavy atom. The molecule has 1 aromatic heterocycles. The van der Waals surface area contributed by atoms with Gasteiger partial charge < -0.3 is 24.7 Å². The Kier molecular flexibility index (Phi) is 11.7. The van der Waals surface area contributed by atoms with Crippen molar-refractivity contribution in [1.29, 1.82) is 0 Å². The molecule has 1 aliphatic rings. The number of nitrogens with zero attached hydrogens (tertiary/aromatic N) is 3. The number of likely N-dealkylation sites (tertiary alicyclic amines) is 1. The van der Waals surface area contributed by atoms with E-state index in [0.717, 1.165) is 17.7 Å². The average molecular weight is 670 g/mol. The molecule has 1 fully saturated rings. The first kappa shape index (κ1) is 35.8. The van der Waals surface area contributed by atoms with E-state index < -0.39 is 59.5 Å². The molecule has 3 atom stereocenters. The van der Waals surface area contributed by atoms with E-state index in [2.05, 4.69) is 20.8 Å². The second-order valence-corrected chi connectivity index (χ2v) is 12.1. The van der Waals surface area contributed by atoms with Gasteiger partial charge in [0, 0.05) is 12.6 Å². The lowest BCUT2D eigenvalue weighted by atomic mass is 9.98. The minimum atomic E-state index is -4.45. The molecule has 1 aliphatic heterocycles. The fourth-order valence-corrected chi connectivity index (χ4v) is 5.16. The summed E-state index contributed by atoms with van der Waals surface area (Å²) < 4.78 is 49.2. The molecule has 11 nitrogen and oxygen atoms in total. The van der Waals surface area contributed by atoms with Gasteiger partial charge in [-0.3, -0.25) is 14.4 Å². The van der Waals surface area contributed by atoms with Crippen LogP contribution in [-0.2, 0) is 27.1 Å². The number of rotatable bonds is 12. The van der Waals surface area contributed by atoms with E-state index in [-0.39, 0.29) is 24.3 Å². The Morgan fingerprint density at radius 2 is 1.60 bits per heavy atom. The summed E-state index contributed by atoms with van der Waals surface area (Å²) in [4.78, 5) is 54.5. The van der Waals surface area contributed by atoms with Gasteiger partial charge in [0.05, 0.1) is 11.6 Å². The Bertz CT molecular complexity index is 1610. The van der Waals surface area contributed by atoms with Gasteiger partial charge in [-0.2, -0.15) is 13.2 Å². The Hall–Kier alpha value is -5.01. The highest BCUT2D eigenvalue weighted by atomic mass is 19.4. The highest BCUT2D eigenvalue weighted by molar-refractivity contribution is 6.00. The predicted molar refractivity (Wildman–Crippen MR) is 169 cm³/mol. The van der Waals surface area contributed by atoms with Gasteiger partial charge in [-0.15, -0.1) is 10.2 Å². The van der Waals surface area contributed by atoms with Gasteiger partial charge in [-0.05, 0) is 54.0 Å². The van der Waals surface area contributed by atoms with Crippen LogP contribution in [0.3, 0.4) is 0 Å². The molecular formula is C34H38F3N5O6. The zero-order valence-corrected chi connectivity index (χ0v) is 27.0. The van der Waals surface area contributed by atoms with Crippen LogP contribution in [-0.4, -0.2) is 63.5 Å². The number of nitrogens with one attached hydrogen (secondary N) is 2. The van der Waals surface area contributed by atoms with E-state index in [1.165, 1.54) is 29.2 Å². The molecule has 2 aromatic carbocycles. The lowest BCUT2D eigenvalue weighted by Crippen LogP contribution is -2.57. The average Bonchev–Trinajstić information content (AvgIpc) is 3.74. The maximum Gasteiger partial charge on any atom is 0.416 e. The summed E-state index contributed by atoms with van der Waals surface area (Å²) in [5, 5.41) is 13.0. The highest BCUT2D eigenvalue weighted by Crippen LogP contribution is 2.29. The number of Topliss-reactive ketones (excluding diaryl/α,β-unsaturated/α-hetero) is 1. The fraction of sp³-hybridized carbons (Fsp3) is 0.412. The highest BCUT2D eigenvalue weighted by Gasteiger charge is 2.40. The molecule has 14 heteroatoms. The SMILES string of the molecule is CC(C)[C@H](NC(=O)OCc1ccccc1)C(=O)N1CCC[C@H]1C(=O)N[C@@H](C(=O)c1nnc(/C=C/c2ccc(C(F)(F)F)cc2)o1)C(C)C.